The summed E-state index contributed by atoms with van der Waals surface area (Å²) in [4.78, 5) is 23.2. The summed E-state index contributed by atoms with van der Waals surface area (Å²) in [5.74, 6) is 0.0428. The van der Waals surface area contributed by atoms with E-state index in [0.29, 0.717) is 24.4 Å². The van der Waals surface area contributed by atoms with Crippen molar-refractivity contribution in [3.05, 3.63) is 70.0 Å². The van der Waals surface area contributed by atoms with Crippen LogP contribution in [0.2, 0.25) is 0 Å². The van der Waals surface area contributed by atoms with Gasteiger partial charge in [-0.1, -0.05) is 12.1 Å². The van der Waals surface area contributed by atoms with E-state index in [4.69, 9.17) is 5.73 Å². The van der Waals surface area contributed by atoms with Gasteiger partial charge in [-0.05, 0) is 73.1 Å². The number of nitrogens with zero attached hydrogens (tertiary/aromatic N) is 3. The van der Waals surface area contributed by atoms with Crippen LogP contribution < -0.4 is 5.73 Å². The number of hydrogen-bond donors (Lipinski definition) is 2. The monoisotopic (exact) mass is 404 g/mol. The van der Waals surface area contributed by atoms with Crippen molar-refractivity contribution in [2.45, 2.75) is 51.3 Å². The number of benzene rings is 1. The molecule has 0 saturated heterocycles. The zero-order valence-electron chi connectivity index (χ0n) is 17.5. The van der Waals surface area contributed by atoms with Gasteiger partial charge in [-0.15, -0.1) is 0 Å². The number of aliphatic hydroxyl groups excluding tert-OH is 1. The third-order valence-electron chi connectivity index (χ3n) is 6.16. The third kappa shape index (κ3) is 3.87. The highest BCUT2D eigenvalue weighted by Crippen LogP contribution is 2.33. The number of aliphatic imine (C=N–C) groups is 1. The molecule has 2 atom stereocenters. The van der Waals surface area contributed by atoms with Crippen LogP contribution in [0.3, 0.4) is 0 Å². The third-order valence-corrected chi connectivity index (χ3v) is 6.16. The number of aromatic nitrogens is 1. The van der Waals surface area contributed by atoms with Crippen molar-refractivity contribution >= 4 is 17.8 Å². The van der Waals surface area contributed by atoms with Gasteiger partial charge in [-0.2, -0.15) is 0 Å². The molecule has 6 nitrogen and oxygen atoms in total. The van der Waals surface area contributed by atoms with Gasteiger partial charge in [0, 0.05) is 31.6 Å². The fraction of sp³-hybridized carbons (Fsp3) is 0.375. The number of pyridine rings is 1. The van der Waals surface area contributed by atoms with Crippen molar-refractivity contribution < 1.29 is 9.90 Å². The lowest BCUT2D eigenvalue weighted by molar-refractivity contribution is 0.0479. The van der Waals surface area contributed by atoms with Gasteiger partial charge in [-0.25, -0.2) is 0 Å². The number of allylic oxidation sites excluding steroid dienone is 1. The first-order valence-electron chi connectivity index (χ1n) is 10.4. The van der Waals surface area contributed by atoms with E-state index in [1.807, 2.05) is 29.3 Å². The Morgan fingerprint density at radius 3 is 2.87 bits per heavy atom. The number of rotatable bonds is 5. The number of carbonyl (C=O) groups is 1. The molecule has 1 aliphatic carbocycles. The average molecular weight is 405 g/mol. The molecule has 0 unspecified atom stereocenters. The first-order valence-corrected chi connectivity index (χ1v) is 10.4. The van der Waals surface area contributed by atoms with Crippen LogP contribution >= 0.6 is 0 Å². The van der Waals surface area contributed by atoms with Crippen LogP contribution in [-0.4, -0.2) is 46.3 Å². The van der Waals surface area contributed by atoms with Crippen LogP contribution in [0.4, 0.5) is 0 Å². The molecule has 3 N–H and O–H groups in total. The predicted octanol–water partition coefficient (Wildman–Crippen LogP) is 2.85. The lowest BCUT2D eigenvalue weighted by Crippen LogP contribution is -2.40. The minimum Gasteiger partial charge on any atom is -0.397 e. The Morgan fingerprint density at radius 2 is 2.20 bits per heavy atom. The van der Waals surface area contributed by atoms with Crippen LogP contribution in [0.1, 0.15) is 57.6 Å². The maximum Gasteiger partial charge on any atom is 0.254 e. The van der Waals surface area contributed by atoms with Crippen LogP contribution in [0, 0.1) is 6.92 Å². The van der Waals surface area contributed by atoms with Crippen molar-refractivity contribution in [2.24, 2.45) is 10.7 Å². The summed E-state index contributed by atoms with van der Waals surface area (Å²) < 4.78 is 0. The number of aryl methyl sites for hydroxylation is 1. The minimum atomic E-state index is -0.404. The van der Waals surface area contributed by atoms with Crippen molar-refractivity contribution in [3.63, 3.8) is 0 Å². The Hall–Kier alpha value is -2.99. The van der Waals surface area contributed by atoms with Gasteiger partial charge in [0.25, 0.3) is 5.91 Å². The van der Waals surface area contributed by atoms with Gasteiger partial charge in [0.15, 0.2) is 0 Å². The van der Waals surface area contributed by atoms with Crippen molar-refractivity contribution in [3.8, 4) is 0 Å². The van der Waals surface area contributed by atoms with E-state index in [2.05, 4.69) is 23.0 Å². The summed E-state index contributed by atoms with van der Waals surface area (Å²) in [5.41, 5.74) is 12.5. The molecule has 1 fully saturated rings. The van der Waals surface area contributed by atoms with Crippen LogP contribution in [-0.2, 0) is 13.0 Å². The number of carbonyl (C=O) groups excluding carboxylic acids is 1. The Labute approximate surface area is 177 Å². The Kier molecular flexibility index (Phi) is 5.68. The molecule has 1 amide bonds. The first kappa shape index (κ1) is 20.3. The molecule has 0 radical (unpaired) electrons. The molecule has 30 heavy (non-hydrogen) atoms. The maximum atomic E-state index is 13.0. The molecule has 6 heteroatoms. The van der Waals surface area contributed by atoms with Gasteiger partial charge < -0.3 is 15.7 Å². The predicted molar refractivity (Wildman–Crippen MR) is 118 cm³/mol. The van der Waals surface area contributed by atoms with Gasteiger partial charge >= 0.3 is 0 Å². The molecule has 4 rings (SSSR count). The maximum absolute atomic E-state index is 13.0. The van der Waals surface area contributed by atoms with E-state index in [-0.39, 0.29) is 11.9 Å². The standard InChI is InChI=1S/C24H28N4O2/c1-15-10-18-14-28(22-4-3-5-23(22)29)24(30)19(18)12-17(15)11-16-6-7-21(27-13-16)20(25)8-9-26-2/h6-10,12-13,22-23,29H,3-5,11,14,25H2,1-2H3/t22-,23-/m0/s1. The first-order chi connectivity index (χ1) is 14.5. The molecule has 2 heterocycles. The summed E-state index contributed by atoms with van der Waals surface area (Å²) in [6, 6.07) is 8.01. The van der Waals surface area contributed by atoms with E-state index in [0.717, 1.165) is 47.1 Å². The fourth-order valence-electron chi connectivity index (χ4n) is 4.46. The van der Waals surface area contributed by atoms with Crippen molar-refractivity contribution in [2.75, 3.05) is 7.05 Å². The van der Waals surface area contributed by atoms with E-state index in [1.165, 1.54) is 0 Å². The summed E-state index contributed by atoms with van der Waals surface area (Å²) in [6.07, 6.45) is 8.13. The second kappa shape index (κ2) is 8.40. The van der Waals surface area contributed by atoms with E-state index in [1.54, 1.807) is 19.3 Å². The van der Waals surface area contributed by atoms with Gasteiger partial charge in [0.1, 0.15) is 0 Å². The minimum absolute atomic E-state index is 0.0428. The molecule has 0 bridgehead atoms. The lowest BCUT2D eigenvalue weighted by atomic mass is 9.96. The van der Waals surface area contributed by atoms with Crippen molar-refractivity contribution in [1.29, 1.82) is 0 Å². The molecule has 2 aromatic rings. The quantitative estimate of drug-likeness (QED) is 0.750. The van der Waals surface area contributed by atoms with Crippen LogP contribution in [0.15, 0.2) is 41.5 Å². The largest absolute Gasteiger partial charge is 0.397 e. The fourth-order valence-corrected chi connectivity index (χ4v) is 4.46. The number of nitrogens with two attached hydrogens (primary N) is 1. The van der Waals surface area contributed by atoms with Gasteiger partial charge in [0.05, 0.1) is 23.5 Å². The zero-order chi connectivity index (χ0) is 21.3. The molecule has 1 aromatic heterocycles. The van der Waals surface area contributed by atoms with Gasteiger partial charge in [0.2, 0.25) is 0 Å². The molecule has 1 aliphatic heterocycles. The molecule has 156 valence electrons. The van der Waals surface area contributed by atoms with Crippen LogP contribution in [0.25, 0.3) is 5.70 Å². The Morgan fingerprint density at radius 1 is 1.37 bits per heavy atom. The molecular formula is C24H28N4O2. The number of aliphatic hydroxyl groups is 1. The SMILES string of the molecule is CN=CC=C(N)c1ccc(Cc2cc3c(cc2C)CN([C@H]2CCC[C@@H]2O)C3=O)cn1. The molecule has 0 spiro atoms. The molecule has 1 saturated carbocycles. The highest BCUT2D eigenvalue weighted by Gasteiger charge is 2.38. The van der Waals surface area contributed by atoms with Crippen molar-refractivity contribution in [1.82, 2.24) is 9.88 Å². The summed E-state index contributed by atoms with van der Waals surface area (Å²) >= 11 is 0. The summed E-state index contributed by atoms with van der Waals surface area (Å²) in [6.45, 7) is 2.68. The Balaban J connectivity index is 1.53. The van der Waals surface area contributed by atoms with E-state index >= 15 is 0 Å². The van der Waals surface area contributed by atoms with E-state index in [9.17, 15) is 9.90 Å². The summed E-state index contributed by atoms with van der Waals surface area (Å²) in [5, 5.41) is 10.2. The highest BCUT2D eigenvalue weighted by atomic mass is 16.3. The van der Waals surface area contributed by atoms with Gasteiger partial charge in [-0.3, -0.25) is 14.8 Å². The Bertz CT molecular complexity index is 1010. The normalized spacial score (nSPS) is 21.6. The summed E-state index contributed by atoms with van der Waals surface area (Å²) in [7, 11) is 1.69. The number of amides is 1. The van der Waals surface area contributed by atoms with Crippen LogP contribution in [0.5, 0.6) is 0 Å². The lowest BCUT2D eigenvalue weighted by Gasteiger charge is -2.26. The smallest absolute Gasteiger partial charge is 0.254 e. The molecule has 1 aromatic carbocycles. The number of fused-ring (bicyclic) bond motifs is 1. The number of hydrogen-bond acceptors (Lipinski definition) is 5. The van der Waals surface area contributed by atoms with E-state index < -0.39 is 6.10 Å². The second-order valence-electron chi connectivity index (χ2n) is 8.19. The molecular weight excluding hydrogens is 376 g/mol. The topological polar surface area (TPSA) is 91.8 Å². The highest BCUT2D eigenvalue weighted by molar-refractivity contribution is 5.99. The zero-order valence-corrected chi connectivity index (χ0v) is 17.5. The molecule has 2 aliphatic rings. The average Bonchev–Trinajstić information content (AvgIpc) is 3.30. The second-order valence-corrected chi connectivity index (χ2v) is 8.19.